The fourth-order valence-corrected chi connectivity index (χ4v) is 4.82. The Morgan fingerprint density at radius 1 is 1.16 bits per heavy atom. The molecular weight excluding hydrogens is 504 g/mol. The number of methoxy groups -OCH3 is 1. The molecule has 38 heavy (non-hydrogen) atoms. The van der Waals surface area contributed by atoms with E-state index in [1.807, 2.05) is 45.0 Å². The lowest BCUT2D eigenvalue weighted by Crippen LogP contribution is -2.50. The average molecular weight is 535 g/mol. The summed E-state index contributed by atoms with van der Waals surface area (Å²) in [5, 5.41) is 3.87. The molecule has 0 saturated heterocycles. The van der Waals surface area contributed by atoms with E-state index in [0.29, 0.717) is 23.4 Å². The van der Waals surface area contributed by atoms with Gasteiger partial charge in [-0.3, -0.25) is 19.3 Å². The van der Waals surface area contributed by atoms with Crippen molar-refractivity contribution in [1.82, 2.24) is 14.7 Å². The second kappa shape index (κ2) is 10.5. The van der Waals surface area contributed by atoms with E-state index in [9.17, 15) is 14.4 Å². The van der Waals surface area contributed by atoms with Gasteiger partial charge in [-0.05, 0) is 62.1 Å². The van der Waals surface area contributed by atoms with Crippen LogP contribution in [0.3, 0.4) is 0 Å². The van der Waals surface area contributed by atoms with Gasteiger partial charge in [-0.15, -0.1) is 0 Å². The molecule has 2 aromatic carbocycles. The molecule has 6 N–H and O–H groups in total. The van der Waals surface area contributed by atoms with E-state index in [0.717, 1.165) is 22.4 Å². The van der Waals surface area contributed by atoms with Gasteiger partial charge < -0.3 is 26.5 Å². The molecule has 0 saturated carbocycles. The quantitative estimate of drug-likeness (QED) is 0.254. The summed E-state index contributed by atoms with van der Waals surface area (Å²) in [6, 6.07) is 13.2. The van der Waals surface area contributed by atoms with Crippen LogP contribution in [0.5, 0.6) is 5.75 Å². The number of para-hydroxylation sites is 1. The lowest BCUT2D eigenvalue weighted by Gasteiger charge is -2.34. The monoisotopic (exact) mass is 534 g/mol. The smallest absolute Gasteiger partial charge is 0.273 e. The molecule has 4 rings (SSSR count). The standard InChI is InChI=1S/C27H30N6O4S/c1-5-27(2,3)31-25(35)22(18-14-30-19-9-7-6-8-17(18)19)33(15-10-12-16(37-4)13-11-15)26(36)23-20(28)21(24(29)34)32-38-23/h6-14,22,30H,5,28H2,1-4H3,(H2,29,34)(H,31,35). The zero-order valence-corrected chi connectivity index (χ0v) is 22.4. The van der Waals surface area contributed by atoms with Crippen LogP contribution in [0.15, 0.2) is 54.7 Å². The maximum Gasteiger partial charge on any atom is 0.273 e. The van der Waals surface area contributed by atoms with Gasteiger partial charge in [-0.1, -0.05) is 25.1 Å². The molecule has 11 heteroatoms. The van der Waals surface area contributed by atoms with E-state index in [2.05, 4.69) is 14.7 Å². The summed E-state index contributed by atoms with van der Waals surface area (Å²) in [7, 11) is 1.54. The first kappa shape index (κ1) is 26.7. The predicted octanol–water partition coefficient (Wildman–Crippen LogP) is 4.01. The van der Waals surface area contributed by atoms with Crippen LogP contribution in [0.1, 0.15) is 59.0 Å². The normalized spacial score (nSPS) is 12.2. The number of fused-ring (bicyclic) bond motifs is 1. The maximum atomic E-state index is 14.2. The second-order valence-corrected chi connectivity index (χ2v) is 10.2. The molecule has 2 heterocycles. The summed E-state index contributed by atoms with van der Waals surface area (Å²) < 4.78 is 9.29. The lowest BCUT2D eigenvalue weighted by molar-refractivity contribution is -0.124. The van der Waals surface area contributed by atoms with Gasteiger partial charge >= 0.3 is 0 Å². The van der Waals surface area contributed by atoms with E-state index >= 15 is 0 Å². The van der Waals surface area contributed by atoms with Gasteiger partial charge in [0.2, 0.25) is 5.91 Å². The second-order valence-electron chi connectivity index (χ2n) is 9.43. The van der Waals surface area contributed by atoms with Crippen molar-refractivity contribution in [3.8, 4) is 5.75 Å². The number of aromatic nitrogens is 2. The number of aromatic amines is 1. The van der Waals surface area contributed by atoms with Gasteiger partial charge in [-0.2, -0.15) is 4.37 Å². The van der Waals surface area contributed by atoms with Crippen LogP contribution in [0.2, 0.25) is 0 Å². The summed E-state index contributed by atoms with van der Waals surface area (Å²) in [5.41, 5.74) is 12.5. The fraction of sp³-hybridized carbons (Fsp3) is 0.259. The Labute approximate surface area is 224 Å². The first-order valence-electron chi connectivity index (χ1n) is 12.0. The number of H-pyrrole nitrogens is 1. The third kappa shape index (κ3) is 5.05. The molecule has 0 radical (unpaired) electrons. The highest BCUT2D eigenvalue weighted by Gasteiger charge is 2.38. The fourth-order valence-electron chi connectivity index (χ4n) is 4.07. The van der Waals surface area contributed by atoms with Crippen molar-refractivity contribution in [3.63, 3.8) is 0 Å². The van der Waals surface area contributed by atoms with Crippen LogP contribution in [-0.2, 0) is 4.79 Å². The number of anilines is 2. The Balaban J connectivity index is 1.95. The van der Waals surface area contributed by atoms with E-state index in [-0.39, 0.29) is 22.2 Å². The highest BCUT2D eigenvalue weighted by atomic mass is 32.1. The minimum atomic E-state index is -1.10. The number of nitrogens with two attached hydrogens (primary N) is 2. The first-order valence-corrected chi connectivity index (χ1v) is 12.8. The highest BCUT2D eigenvalue weighted by molar-refractivity contribution is 7.09. The summed E-state index contributed by atoms with van der Waals surface area (Å²) in [6.07, 6.45) is 2.39. The molecule has 0 spiro atoms. The van der Waals surface area contributed by atoms with Crippen LogP contribution in [0.25, 0.3) is 10.9 Å². The summed E-state index contributed by atoms with van der Waals surface area (Å²) in [4.78, 5) is 44.7. The SMILES string of the molecule is CCC(C)(C)NC(=O)C(c1c[nH]c2ccccc12)N(C(=O)c1snc(C(N)=O)c1N)c1ccc(OC)cc1. The van der Waals surface area contributed by atoms with Crippen LogP contribution in [0.4, 0.5) is 11.4 Å². The van der Waals surface area contributed by atoms with Crippen molar-refractivity contribution in [2.75, 3.05) is 17.7 Å². The Hall–Kier alpha value is -4.38. The third-order valence-corrected chi connectivity index (χ3v) is 7.34. The molecule has 1 atom stereocenters. The number of carbonyl (C=O) groups excluding carboxylic acids is 3. The zero-order valence-electron chi connectivity index (χ0n) is 21.6. The number of hydrogen-bond acceptors (Lipinski definition) is 7. The van der Waals surface area contributed by atoms with Gasteiger partial charge in [0.15, 0.2) is 5.69 Å². The largest absolute Gasteiger partial charge is 0.497 e. The van der Waals surface area contributed by atoms with Gasteiger partial charge in [0.1, 0.15) is 16.7 Å². The van der Waals surface area contributed by atoms with Gasteiger partial charge in [0.05, 0.1) is 12.8 Å². The van der Waals surface area contributed by atoms with Gasteiger partial charge in [-0.25, -0.2) is 0 Å². The van der Waals surface area contributed by atoms with Crippen molar-refractivity contribution < 1.29 is 19.1 Å². The average Bonchev–Trinajstić information content (AvgIpc) is 3.50. The molecule has 4 aromatic rings. The number of nitrogen functional groups attached to an aromatic ring is 1. The number of rotatable bonds is 9. The summed E-state index contributed by atoms with van der Waals surface area (Å²) in [5.74, 6) is -1.25. The molecule has 3 amide bonds. The minimum Gasteiger partial charge on any atom is -0.497 e. The van der Waals surface area contributed by atoms with Crippen LogP contribution >= 0.6 is 11.5 Å². The van der Waals surface area contributed by atoms with E-state index in [4.69, 9.17) is 16.2 Å². The van der Waals surface area contributed by atoms with E-state index in [1.165, 1.54) is 12.0 Å². The zero-order chi connectivity index (χ0) is 27.6. The number of ether oxygens (including phenoxy) is 1. The molecule has 2 aromatic heterocycles. The molecule has 1 unspecified atom stereocenters. The predicted molar refractivity (Wildman–Crippen MR) is 148 cm³/mol. The number of nitrogens with zero attached hydrogens (tertiary/aromatic N) is 2. The highest BCUT2D eigenvalue weighted by Crippen LogP contribution is 2.36. The number of primary amides is 1. The van der Waals surface area contributed by atoms with Crippen molar-refractivity contribution in [2.24, 2.45) is 5.73 Å². The minimum absolute atomic E-state index is 0.00186. The molecule has 0 bridgehead atoms. The van der Waals surface area contributed by atoms with E-state index < -0.39 is 23.4 Å². The number of benzene rings is 2. The first-order chi connectivity index (χ1) is 18.1. The molecule has 198 valence electrons. The topological polar surface area (TPSA) is 156 Å². The van der Waals surface area contributed by atoms with Crippen molar-refractivity contribution in [2.45, 2.75) is 38.8 Å². The maximum absolute atomic E-state index is 14.2. The van der Waals surface area contributed by atoms with Crippen molar-refractivity contribution in [3.05, 3.63) is 70.9 Å². The van der Waals surface area contributed by atoms with Crippen molar-refractivity contribution in [1.29, 1.82) is 0 Å². The van der Waals surface area contributed by atoms with Crippen molar-refractivity contribution >= 4 is 51.5 Å². The number of nitrogens with one attached hydrogen (secondary N) is 2. The Morgan fingerprint density at radius 3 is 2.45 bits per heavy atom. The number of carbonyl (C=O) groups is 3. The van der Waals surface area contributed by atoms with Crippen LogP contribution in [-0.4, -0.2) is 39.7 Å². The molecular formula is C27H30N6O4S. The van der Waals surface area contributed by atoms with E-state index in [1.54, 1.807) is 30.5 Å². The van der Waals surface area contributed by atoms with Crippen LogP contribution in [0, 0.1) is 0 Å². The Morgan fingerprint density at radius 2 is 1.84 bits per heavy atom. The molecule has 0 aliphatic heterocycles. The Bertz CT molecular complexity index is 1490. The summed E-state index contributed by atoms with van der Waals surface area (Å²) >= 11 is 0.760. The third-order valence-electron chi connectivity index (χ3n) is 6.49. The molecule has 0 aliphatic rings. The molecule has 0 fully saturated rings. The number of amides is 3. The Kier molecular flexibility index (Phi) is 7.40. The van der Waals surface area contributed by atoms with Crippen LogP contribution < -0.4 is 26.4 Å². The van der Waals surface area contributed by atoms with Gasteiger partial charge in [0.25, 0.3) is 11.8 Å². The molecule has 10 nitrogen and oxygen atoms in total. The summed E-state index contributed by atoms with van der Waals surface area (Å²) in [6.45, 7) is 5.80. The lowest BCUT2D eigenvalue weighted by atomic mass is 9.97. The van der Waals surface area contributed by atoms with Gasteiger partial charge in [0, 0.05) is 33.9 Å². The number of hydrogen-bond donors (Lipinski definition) is 4. The molecule has 0 aliphatic carbocycles.